The average Bonchev–Trinajstić information content (AvgIpc) is 2.78. The maximum atomic E-state index is 11.4. The van der Waals surface area contributed by atoms with Gasteiger partial charge in [-0.15, -0.1) is 0 Å². The highest BCUT2D eigenvalue weighted by Gasteiger charge is 2.15. The average molecular weight is 453 g/mol. The van der Waals surface area contributed by atoms with E-state index in [0.29, 0.717) is 17.5 Å². The Morgan fingerprint density at radius 2 is 1.78 bits per heavy atom. The monoisotopic (exact) mass is 452 g/mol. The number of amides is 1. The predicted octanol–water partition coefficient (Wildman–Crippen LogP) is 4.57. The molecule has 0 aliphatic rings. The number of rotatable bonds is 8. The van der Waals surface area contributed by atoms with E-state index in [1.54, 1.807) is 24.2 Å². The minimum Gasteiger partial charge on any atom is -0.359 e. The van der Waals surface area contributed by atoms with Crippen LogP contribution in [0.1, 0.15) is 18.9 Å². The van der Waals surface area contributed by atoms with Crippen molar-refractivity contribution in [1.29, 1.82) is 0 Å². The number of aromatic nitrogens is 3. The Kier molecular flexibility index (Phi) is 7.64. The van der Waals surface area contributed by atoms with Gasteiger partial charge in [0.25, 0.3) is 0 Å². The summed E-state index contributed by atoms with van der Waals surface area (Å²) in [4.78, 5) is 31.0. The highest BCUT2D eigenvalue weighted by molar-refractivity contribution is 6.30. The molecule has 0 N–H and O–H groups in total. The van der Waals surface area contributed by atoms with Crippen LogP contribution in [0.25, 0.3) is 11.3 Å². The Morgan fingerprint density at radius 3 is 2.50 bits per heavy atom. The van der Waals surface area contributed by atoms with Crippen LogP contribution in [-0.4, -0.2) is 60.0 Å². The van der Waals surface area contributed by atoms with Gasteiger partial charge in [0.2, 0.25) is 11.9 Å². The molecule has 0 saturated carbocycles. The van der Waals surface area contributed by atoms with E-state index < -0.39 is 0 Å². The number of hydrogen-bond donors (Lipinski definition) is 0. The van der Waals surface area contributed by atoms with Crippen molar-refractivity contribution in [2.24, 2.45) is 0 Å². The second-order valence-electron chi connectivity index (χ2n) is 7.80. The molecule has 168 valence electrons. The van der Waals surface area contributed by atoms with Gasteiger partial charge in [-0.2, -0.15) is 0 Å². The van der Waals surface area contributed by atoms with Gasteiger partial charge in [0.05, 0.1) is 5.69 Å². The number of carbonyl (C=O) groups excluding carboxylic acids is 1. The summed E-state index contributed by atoms with van der Waals surface area (Å²) in [5.74, 6) is 1.56. The van der Waals surface area contributed by atoms with Crippen LogP contribution >= 0.6 is 11.6 Å². The van der Waals surface area contributed by atoms with Gasteiger partial charge < -0.3 is 14.7 Å². The molecule has 32 heavy (non-hydrogen) atoms. The SMILES string of the molecule is CC(=O)N(C)CCCN(C)c1nccc(-c2ccnc(N(C)c3cccc(Cl)c3)n2)c1C. The quantitative estimate of drug-likeness (QED) is 0.498. The molecule has 3 aromatic rings. The Balaban J connectivity index is 1.81. The van der Waals surface area contributed by atoms with Crippen LogP contribution in [-0.2, 0) is 4.79 Å². The van der Waals surface area contributed by atoms with Crippen LogP contribution in [0.5, 0.6) is 0 Å². The first-order valence-electron chi connectivity index (χ1n) is 10.5. The number of carbonyl (C=O) groups is 1. The Hall–Kier alpha value is -3.19. The smallest absolute Gasteiger partial charge is 0.230 e. The van der Waals surface area contributed by atoms with Gasteiger partial charge in [-0.3, -0.25) is 4.79 Å². The summed E-state index contributed by atoms with van der Waals surface area (Å²) in [5.41, 5.74) is 3.79. The van der Waals surface area contributed by atoms with Gasteiger partial charge in [0.15, 0.2) is 0 Å². The van der Waals surface area contributed by atoms with Crippen LogP contribution < -0.4 is 9.80 Å². The number of nitrogens with zero attached hydrogens (tertiary/aromatic N) is 6. The normalized spacial score (nSPS) is 10.7. The summed E-state index contributed by atoms with van der Waals surface area (Å²) in [5, 5.41) is 0.664. The summed E-state index contributed by atoms with van der Waals surface area (Å²) >= 11 is 6.14. The Labute approximate surface area is 194 Å². The summed E-state index contributed by atoms with van der Waals surface area (Å²) in [6.45, 7) is 5.14. The van der Waals surface area contributed by atoms with Crippen molar-refractivity contribution in [3.63, 3.8) is 0 Å². The van der Waals surface area contributed by atoms with Gasteiger partial charge in [-0.25, -0.2) is 15.0 Å². The third-order valence-electron chi connectivity index (χ3n) is 5.48. The van der Waals surface area contributed by atoms with E-state index in [4.69, 9.17) is 16.6 Å². The molecule has 0 aliphatic carbocycles. The number of anilines is 3. The fraction of sp³-hybridized carbons (Fsp3) is 0.333. The van der Waals surface area contributed by atoms with E-state index in [1.807, 2.05) is 62.4 Å². The molecule has 0 aliphatic heterocycles. The Bertz CT molecular complexity index is 1090. The molecule has 0 saturated heterocycles. The lowest BCUT2D eigenvalue weighted by Gasteiger charge is -2.23. The van der Waals surface area contributed by atoms with Crippen LogP contribution in [0.15, 0.2) is 48.8 Å². The maximum Gasteiger partial charge on any atom is 0.230 e. The molecule has 1 aromatic carbocycles. The van der Waals surface area contributed by atoms with Gasteiger partial charge in [-0.05, 0) is 43.7 Å². The summed E-state index contributed by atoms with van der Waals surface area (Å²) in [6.07, 6.45) is 4.43. The highest BCUT2D eigenvalue weighted by atomic mass is 35.5. The standard InChI is InChI=1S/C24H29ClN6O/c1-17-21(10-12-26-23(17)30(4)15-7-14-29(3)18(2)32)22-11-13-27-24(28-22)31(5)20-9-6-8-19(25)16-20/h6,8-13,16H,7,14-15H2,1-5H3. The van der Waals surface area contributed by atoms with E-state index in [-0.39, 0.29) is 5.91 Å². The van der Waals surface area contributed by atoms with E-state index in [0.717, 1.165) is 41.3 Å². The molecule has 2 aromatic heterocycles. The topological polar surface area (TPSA) is 65.5 Å². The van der Waals surface area contributed by atoms with Crippen LogP contribution in [0.4, 0.5) is 17.5 Å². The van der Waals surface area contributed by atoms with Crippen molar-refractivity contribution in [3.8, 4) is 11.3 Å². The number of pyridine rings is 1. The van der Waals surface area contributed by atoms with Crippen molar-refractivity contribution in [1.82, 2.24) is 19.9 Å². The van der Waals surface area contributed by atoms with E-state index >= 15 is 0 Å². The number of hydrogen-bond acceptors (Lipinski definition) is 6. The summed E-state index contributed by atoms with van der Waals surface area (Å²) in [7, 11) is 5.76. The first kappa shape index (κ1) is 23.5. The minimum atomic E-state index is 0.0752. The predicted molar refractivity (Wildman–Crippen MR) is 131 cm³/mol. The van der Waals surface area contributed by atoms with Gasteiger partial charge >= 0.3 is 0 Å². The second kappa shape index (κ2) is 10.4. The molecule has 3 rings (SSSR count). The second-order valence-corrected chi connectivity index (χ2v) is 8.24. The van der Waals surface area contributed by atoms with Gasteiger partial charge in [-0.1, -0.05) is 17.7 Å². The first-order chi connectivity index (χ1) is 15.3. The van der Waals surface area contributed by atoms with Crippen molar-refractivity contribution in [2.75, 3.05) is 44.0 Å². The molecule has 2 heterocycles. The molecule has 8 heteroatoms. The first-order valence-corrected chi connectivity index (χ1v) is 10.9. The number of halogens is 1. The molecule has 0 radical (unpaired) electrons. The van der Waals surface area contributed by atoms with Crippen molar-refractivity contribution < 1.29 is 4.79 Å². The van der Waals surface area contributed by atoms with Gasteiger partial charge in [0.1, 0.15) is 5.82 Å². The maximum absolute atomic E-state index is 11.4. The lowest BCUT2D eigenvalue weighted by Crippen LogP contribution is -2.29. The van der Waals surface area contributed by atoms with E-state index in [1.165, 1.54) is 0 Å². The molecule has 0 spiro atoms. The molecular formula is C24H29ClN6O. The molecule has 0 atom stereocenters. The van der Waals surface area contributed by atoms with E-state index in [9.17, 15) is 4.79 Å². The molecular weight excluding hydrogens is 424 g/mol. The zero-order valence-electron chi connectivity index (χ0n) is 19.2. The van der Waals surface area contributed by atoms with Crippen LogP contribution in [0.2, 0.25) is 5.02 Å². The summed E-state index contributed by atoms with van der Waals surface area (Å²) in [6, 6.07) is 11.5. The van der Waals surface area contributed by atoms with Crippen molar-refractivity contribution in [2.45, 2.75) is 20.3 Å². The van der Waals surface area contributed by atoms with Crippen molar-refractivity contribution in [3.05, 3.63) is 59.4 Å². The van der Waals surface area contributed by atoms with Gasteiger partial charge in [0, 0.05) is 75.4 Å². The molecule has 0 bridgehead atoms. The van der Waals surface area contributed by atoms with Crippen molar-refractivity contribution >= 4 is 35.0 Å². The molecule has 0 unspecified atom stereocenters. The zero-order chi connectivity index (χ0) is 23.3. The zero-order valence-corrected chi connectivity index (χ0v) is 20.0. The molecule has 7 nitrogen and oxygen atoms in total. The minimum absolute atomic E-state index is 0.0752. The third kappa shape index (κ3) is 5.53. The lowest BCUT2D eigenvalue weighted by molar-refractivity contribution is -0.127. The van der Waals surface area contributed by atoms with E-state index in [2.05, 4.69) is 21.8 Å². The fourth-order valence-electron chi connectivity index (χ4n) is 3.46. The third-order valence-corrected chi connectivity index (χ3v) is 5.71. The lowest BCUT2D eigenvalue weighted by atomic mass is 10.1. The van der Waals surface area contributed by atoms with Crippen LogP contribution in [0.3, 0.4) is 0 Å². The summed E-state index contributed by atoms with van der Waals surface area (Å²) < 4.78 is 0. The molecule has 1 amide bonds. The van der Waals surface area contributed by atoms with Crippen LogP contribution in [0, 0.1) is 6.92 Å². The number of benzene rings is 1. The molecule has 0 fully saturated rings. The largest absolute Gasteiger partial charge is 0.359 e. The Morgan fingerprint density at radius 1 is 1.03 bits per heavy atom. The fourth-order valence-corrected chi connectivity index (χ4v) is 3.64. The highest BCUT2D eigenvalue weighted by Crippen LogP contribution is 2.29.